The molecule has 1 amide bonds. The van der Waals surface area contributed by atoms with Gasteiger partial charge in [0.05, 0.1) is 17.6 Å². The maximum atomic E-state index is 12.9. The molecule has 1 aromatic heterocycles. The Hall–Kier alpha value is -0.940. The van der Waals surface area contributed by atoms with Crippen molar-refractivity contribution in [3.63, 3.8) is 0 Å². The van der Waals surface area contributed by atoms with Crippen LogP contribution in [0.5, 0.6) is 0 Å². The molecule has 2 aliphatic carbocycles. The highest BCUT2D eigenvalue weighted by Gasteiger charge is 2.56. The molecular weight excluding hydrogens is 356 g/mol. The molecule has 2 aliphatic rings. The van der Waals surface area contributed by atoms with Crippen LogP contribution in [0.25, 0.3) is 0 Å². The van der Waals surface area contributed by atoms with Crippen molar-refractivity contribution in [2.45, 2.75) is 70.6 Å². The summed E-state index contributed by atoms with van der Waals surface area (Å²) in [5, 5.41) is 3.27. The second-order valence-electron chi connectivity index (χ2n) is 7.73. The molecule has 0 aromatic carbocycles. The zero-order chi connectivity index (χ0) is 16.8. The molecule has 5 heteroatoms. The summed E-state index contributed by atoms with van der Waals surface area (Å²) in [4.78, 5) is 17.1. The lowest BCUT2D eigenvalue weighted by molar-refractivity contribution is -0.149. The van der Waals surface area contributed by atoms with Gasteiger partial charge in [-0.15, -0.1) is 0 Å². The first-order valence-corrected chi connectivity index (χ1v) is 9.12. The summed E-state index contributed by atoms with van der Waals surface area (Å²) >= 11 is 3.45. The summed E-state index contributed by atoms with van der Waals surface area (Å²) in [6.45, 7) is 8.46. The number of rotatable bonds is 5. The van der Waals surface area contributed by atoms with Gasteiger partial charge in [0, 0.05) is 28.3 Å². The zero-order valence-corrected chi connectivity index (χ0v) is 15.8. The van der Waals surface area contributed by atoms with E-state index in [9.17, 15) is 4.79 Å². The van der Waals surface area contributed by atoms with Crippen LogP contribution in [0.2, 0.25) is 0 Å². The first-order valence-electron chi connectivity index (χ1n) is 8.33. The number of hydrogen-bond donors (Lipinski definition) is 1. The number of nitrogens with one attached hydrogen (secondary N) is 1. The lowest BCUT2D eigenvalue weighted by Crippen LogP contribution is -2.63. The summed E-state index contributed by atoms with van der Waals surface area (Å²) in [5.74, 6) is 0.137. The number of carbonyl (C=O) groups excluding carboxylic acids is 1. The Bertz CT molecular complexity index is 611. The minimum atomic E-state index is -0.378. The third kappa shape index (κ3) is 3.05. The lowest BCUT2D eigenvalue weighted by atomic mass is 9.64. The second kappa shape index (κ2) is 5.85. The molecule has 2 atom stereocenters. The molecule has 0 spiro atoms. The molecule has 1 aromatic rings. The molecule has 3 rings (SSSR count). The molecule has 2 fully saturated rings. The molecule has 0 radical (unpaired) electrons. The number of pyridine rings is 1. The third-order valence-electron chi connectivity index (χ3n) is 5.36. The molecule has 1 N–H and O–H groups in total. The fourth-order valence-electron chi connectivity index (χ4n) is 3.43. The molecule has 0 saturated heterocycles. The minimum absolute atomic E-state index is 0.0223. The fourth-order valence-corrected chi connectivity index (χ4v) is 3.80. The molecule has 4 nitrogen and oxygen atoms in total. The topological polar surface area (TPSA) is 51.2 Å². The number of nitrogens with zero attached hydrogens (tertiary/aromatic N) is 1. The van der Waals surface area contributed by atoms with E-state index in [-0.39, 0.29) is 35.0 Å². The number of hydrogen-bond acceptors (Lipinski definition) is 3. The van der Waals surface area contributed by atoms with Gasteiger partial charge in [-0.05, 0) is 60.7 Å². The third-order valence-corrected chi connectivity index (χ3v) is 5.80. The van der Waals surface area contributed by atoms with Crippen LogP contribution in [0.1, 0.15) is 52.5 Å². The van der Waals surface area contributed by atoms with E-state index in [2.05, 4.69) is 53.9 Å². The van der Waals surface area contributed by atoms with Crippen molar-refractivity contribution in [3.8, 4) is 0 Å². The minimum Gasteiger partial charge on any atom is -0.375 e. The van der Waals surface area contributed by atoms with Crippen LogP contribution in [0.4, 0.5) is 0 Å². The monoisotopic (exact) mass is 380 g/mol. The molecule has 1 heterocycles. The van der Waals surface area contributed by atoms with Crippen LogP contribution >= 0.6 is 15.9 Å². The Morgan fingerprint density at radius 2 is 2.09 bits per heavy atom. The summed E-state index contributed by atoms with van der Waals surface area (Å²) in [5.41, 5.74) is 0.610. The van der Waals surface area contributed by atoms with E-state index in [1.54, 1.807) is 6.20 Å². The van der Waals surface area contributed by atoms with E-state index in [1.165, 1.54) is 0 Å². The van der Waals surface area contributed by atoms with Gasteiger partial charge in [0.1, 0.15) is 0 Å². The molecule has 23 heavy (non-hydrogen) atoms. The van der Waals surface area contributed by atoms with Crippen LogP contribution in [0, 0.1) is 5.41 Å². The maximum Gasteiger partial charge on any atom is 0.230 e. The van der Waals surface area contributed by atoms with Gasteiger partial charge in [0.2, 0.25) is 5.91 Å². The van der Waals surface area contributed by atoms with Crippen molar-refractivity contribution in [1.82, 2.24) is 10.3 Å². The first kappa shape index (κ1) is 16.9. The Morgan fingerprint density at radius 1 is 1.39 bits per heavy atom. The largest absolute Gasteiger partial charge is 0.375 e. The maximum absolute atomic E-state index is 12.9. The van der Waals surface area contributed by atoms with E-state index in [1.807, 2.05) is 12.3 Å². The summed E-state index contributed by atoms with van der Waals surface area (Å²) in [6, 6.07) is 2.19. The van der Waals surface area contributed by atoms with E-state index in [0.29, 0.717) is 0 Å². The van der Waals surface area contributed by atoms with Gasteiger partial charge in [-0.2, -0.15) is 0 Å². The van der Waals surface area contributed by atoms with Gasteiger partial charge in [0.25, 0.3) is 0 Å². The van der Waals surface area contributed by atoms with E-state index in [4.69, 9.17) is 4.74 Å². The standard InChI is InChI=1S/C18H25BrN2O2/c1-11(2)23-15-8-14(17(15,3)4)21-16(22)18(5-6-18)12-7-13(19)10-20-9-12/h7,9-11,14-15H,5-6,8H2,1-4H3,(H,21,22). The van der Waals surface area contributed by atoms with Crippen LogP contribution in [-0.4, -0.2) is 29.1 Å². The van der Waals surface area contributed by atoms with Gasteiger partial charge in [0.15, 0.2) is 0 Å². The van der Waals surface area contributed by atoms with Gasteiger partial charge >= 0.3 is 0 Å². The smallest absolute Gasteiger partial charge is 0.230 e. The molecule has 0 bridgehead atoms. The van der Waals surface area contributed by atoms with Gasteiger partial charge in [-0.1, -0.05) is 13.8 Å². The highest BCUT2D eigenvalue weighted by molar-refractivity contribution is 9.10. The number of amides is 1. The van der Waals surface area contributed by atoms with Crippen LogP contribution < -0.4 is 5.32 Å². The molecular formula is C18H25BrN2O2. The van der Waals surface area contributed by atoms with Crippen LogP contribution in [0.15, 0.2) is 22.9 Å². The normalized spacial score (nSPS) is 27.4. The van der Waals surface area contributed by atoms with Crippen molar-refractivity contribution in [2.24, 2.45) is 5.41 Å². The zero-order valence-electron chi connectivity index (χ0n) is 14.2. The Morgan fingerprint density at radius 3 is 2.61 bits per heavy atom. The van der Waals surface area contributed by atoms with Crippen molar-refractivity contribution >= 4 is 21.8 Å². The van der Waals surface area contributed by atoms with Crippen molar-refractivity contribution in [3.05, 3.63) is 28.5 Å². The van der Waals surface area contributed by atoms with Gasteiger partial charge in [-0.25, -0.2) is 0 Å². The number of ether oxygens (including phenoxy) is 1. The number of halogens is 1. The Labute approximate surface area is 146 Å². The average molecular weight is 381 g/mol. The SMILES string of the molecule is CC(C)OC1CC(NC(=O)C2(c3cncc(Br)c3)CC2)C1(C)C. The number of aromatic nitrogens is 1. The molecule has 2 saturated carbocycles. The second-order valence-corrected chi connectivity index (χ2v) is 8.65. The summed E-state index contributed by atoms with van der Waals surface area (Å²) in [6.07, 6.45) is 6.69. The van der Waals surface area contributed by atoms with E-state index >= 15 is 0 Å². The Balaban J connectivity index is 1.67. The van der Waals surface area contributed by atoms with Crippen LogP contribution in [-0.2, 0) is 14.9 Å². The van der Waals surface area contributed by atoms with Crippen molar-refractivity contribution < 1.29 is 9.53 Å². The summed E-state index contributed by atoms with van der Waals surface area (Å²) in [7, 11) is 0. The predicted molar refractivity (Wildman–Crippen MR) is 93.2 cm³/mol. The average Bonchev–Trinajstić information content (AvgIpc) is 3.27. The highest BCUT2D eigenvalue weighted by Crippen LogP contribution is 2.50. The molecule has 126 valence electrons. The fraction of sp³-hybridized carbons (Fsp3) is 0.667. The highest BCUT2D eigenvalue weighted by atomic mass is 79.9. The van der Waals surface area contributed by atoms with Gasteiger partial charge in [-0.3, -0.25) is 9.78 Å². The molecule has 2 unspecified atom stereocenters. The van der Waals surface area contributed by atoms with E-state index < -0.39 is 0 Å². The quantitative estimate of drug-likeness (QED) is 0.848. The number of carbonyl (C=O) groups is 1. The van der Waals surface area contributed by atoms with E-state index in [0.717, 1.165) is 29.3 Å². The van der Waals surface area contributed by atoms with Crippen molar-refractivity contribution in [2.75, 3.05) is 0 Å². The first-order chi connectivity index (χ1) is 10.8. The Kier molecular flexibility index (Phi) is 4.30. The lowest BCUT2D eigenvalue weighted by Gasteiger charge is -2.52. The predicted octanol–water partition coefficient (Wildman–Crippen LogP) is 3.58. The molecule has 0 aliphatic heterocycles. The van der Waals surface area contributed by atoms with Crippen molar-refractivity contribution in [1.29, 1.82) is 0 Å². The summed E-state index contributed by atoms with van der Waals surface area (Å²) < 4.78 is 6.87. The van der Waals surface area contributed by atoms with Gasteiger partial charge < -0.3 is 10.1 Å². The van der Waals surface area contributed by atoms with Crippen LogP contribution in [0.3, 0.4) is 0 Å².